The Kier molecular flexibility index (Phi) is 3.20. The number of hydrogen-bond acceptors (Lipinski definition) is 3. The van der Waals surface area contributed by atoms with Crippen molar-refractivity contribution >= 4 is 17.0 Å². The van der Waals surface area contributed by atoms with Crippen LogP contribution in [0.1, 0.15) is 45.2 Å². The van der Waals surface area contributed by atoms with Gasteiger partial charge < -0.3 is 4.98 Å². The van der Waals surface area contributed by atoms with Gasteiger partial charge in [-0.15, -0.1) is 4.98 Å². The van der Waals surface area contributed by atoms with E-state index < -0.39 is 0 Å². The van der Waals surface area contributed by atoms with E-state index >= 15 is 0 Å². The molecule has 1 saturated heterocycles. The lowest BCUT2D eigenvalue weighted by Gasteiger charge is -2.17. The molecule has 3 heterocycles. The first-order valence-corrected chi connectivity index (χ1v) is 7.29. The molecule has 1 aliphatic heterocycles. The average molecular weight is 273 g/mol. The molecule has 20 heavy (non-hydrogen) atoms. The SMILES string of the molecule is CC(C)c1nc2[nH+]c(N3CCCC3C)ccc2[nH]c1=O. The maximum absolute atomic E-state index is 11.9. The van der Waals surface area contributed by atoms with Crippen LogP contribution in [0, 0.1) is 0 Å². The molecule has 2 N–H and O–H groups in total. The van der Waals surface area contributed by atoms with Crippen molar-refractivity contribution in [2.45, 2.75) is 45.6 Å². The van der Waals surface area contributed by atoms with Crippen LogP contribution >= 0.6 is 0 Å². The Labute approximate surface area is 118 Å². The van der Waals surface area contributed by atoms with Gasteiger partial charge in [-0.2, -0.15) is 0 Å². The van der Waals surface area contributed by atoms with Crippen LogP contribution in [0.5, 0.6) is 0 Å². The molecule has 2 aromatic heterocycles. The van der Waals surface area contributed by atoms with E-state index in [-0.39, 0.29) is 11.5 Å². The van der Waals surface area contributed by atoms with Crippen LogP contribution in [0.15, 0.2) is 16.9 Å². The van der Waals surface area contributed by atoms with E-state index in [0.29, 0.717) is 11.7 Å². The summed E-state index contributed by atoms with van der Waals surface area (Å²) in [5.41, 5.74) is 2.00. The first-order valence-electron chi connectivity index (χ1n) is 7.29. The van der Waals surface area contributed by atoms with Crippen molar-refractivity contribution in [3.63, 3.8) is 0 Å². The van der Waals surface area contributed by atoms with E-state index in [2.05, 4.69) is 26.8 Å². The number of pyridine rings is 1. The molecule has 1 aliphatic rings. The fourth-order valence-electron chi connectivity index (χ4n) is 2.87. The number of anilines is 1. The lowest BCUT2D eigenvalue weighted by Crippen LogP contribution is -2.32. The molecule has 3 rings (SSSR count). The minimum atomic E-state index is -0.0943. The van der Waals surface area contributed by atoms with Crippen molar-refractivity contribution in [2.24, 2.45) is 0 Å². The molecular formula is C15H21N4O+. The highest BCUT2D eigenvalue weighted by molar-refractivity contribution is 5.67. The van der Waals surface area contributed by atoms with Crippen molar-refractivity contribution in [3.8, 4) is 0 Å². The van der Waals surface area contributed by atoms with Gasteiger partial charge in [0.15, 0.2) is 5.69 Å². The predicted octanol–water partition coefficient (Wildman–Crippen LogP) is 1.85. The van der Waals surface area contributed by atoms with E-state index in [9.17, 15) is 4.79 Å². The first-order chi connectivity index (χ1) is 9.56. The molecule has 0 aliphatic carbocycles. The second-order valence-electron chi connectivity index (χ2n) is 5.90. The average Bonchev–Trinajstić information content (AvgIpc) is 2.83. The maximum Gasteiger partial charge on any atom is 0.287 e. The van der Waals surface area contributed by atoms with Crippen molar-refractivity contribution in [1.82, 2.24) is 9.97 Å². The second-order valence-corrected chi connectivity index (χ2v) is 5.90. The molecule has 1 atom stereocenters. The second kappa shape index (κ2) is 4.89. The van der Waals surface area contributed by atoms with Crippen LogP contribution in [-0.2, 0) is 0 Å². The number of nitrogens with zero attached hydrogens (tertiary/aromatic N) is 2. The molecule has 0 saturated carbocycles. The van der Waals surface area contributed by atoms with Gasteiger partial charge in [-0.1, -0.05) is 13.8 Å². The standard InChI is InChI=1S/C15H20N4O/c1-9(2)13-15(20)16-11-6-7-12(17-14(11)18-13)19-8-4-5-10(19)3/h6-7,9-10H,4-5,8H2,1-3H3,(H,16,20)/p+1. The van der Waals surface area contributed by atoms with Gasteiger partial charge in [-0.05, 0) is 25.8 Å². The third-order valence-electron chi connectivity index (χ3n) is 4.03. The van der Waals surface area contributed by atoms with Crippen molar-refractivity contribution in [2.75, 3.05) is 11.4 Å². The van der Waals surface area contributed by atoms with E-state index in [0.717, 1.165) is 23.5 Å². The Morgan fingerprint density at radius 2 is 2.25 bits per heavy atom. The Bertz CT molecular complexity index is 692. The van der Waals surface area contributed by atoms with Crippen LogP contribution in [-0.4, -0.2) is 22.6 Å². The van der Waals surface area contributed by atoms with Gasteiger partial charge in [0, 0.05) is 12.0 Å². The van der Waals surface area contributed by atoms with Crippen LogP contribution in [0.3, 0.4) is 0 Å². The summed E-state index contributed by atoms with van der Waals surface area (Å²) in [5, 5.41) is 0. The molecule has 5 nitrogen and oxygen atoms in total. The molecule has 0 spiro atoms. The van der Waals surface area contributed by atoms with Crippen molar-refractivity contribution in [1.29, 1.82) is 0 Å². The number of fused-ring (bicyclic) bond motifs is 1. The largest absolute Gasteiger partial charge is 0.314 e. The summed E-state index contributed by atoms with van der Waals surface area (Å²) < 4.78 is 0. The zero-order chi connectivity index (χ0) is 14.3. The van der Waals surface area contributed by atoms with Gasteiger partial charge in [0.25, 0.3) is 11.2 Å². The van der Waals surface area contributed by atoms with Gasteiger partial charge in [0.05, 0.1) is 12.6 Å². The Balaban J connectivity index is 2.10. The van der Waals surface area contributed by atoms with E-state index in [1.165, 1.54) is 12.8 Å². The Hall–Kier alpha value is -1.91. The van der Waals surface area contributed by atoms with Crippen molar-refractivity contribution in [3.05, 3.63) is 28.2 Å². The first kappa shape index (κ1) is 13.1. The summed E-state index contributed by atoms with van der Waals surface area (Å²) in [6, 6.07) is 4.51. The lowest BCUT2D eigenvalue weighted by atomic mass is 10.1. The summed E-state index contributed by atoms with van der Waals surface area (Å²) in [6.07, 6.45) is 2.45. The minimum Gasteiger partial charge on any atom is -0.314 e. The fourth-order valence-corrected chi connectivity index (χ4v) is 2.87. The van der Waals surface area contributed by atoms with Crippen LogP contribution in [0.4, 0.5) is 5.82 Å². The summed E-state index contributed by atoms with van der Waals surface area (Å²) in [4.78, 5) is 25.1. The highest BCUT2D eigenvalue weighted by Crippen LogP contribution is 2.22. The summed E-state index contributed by atoms with van der Waals surface area (Å²) in [6.45, 7) is 7.28. The third-order valence-corrected chi connectivity index (χ3v) is 4.03. The highest BCUT2D eigenvalue weighted by Gasteiger charge is 2.26. The maximum atomic E-state index is 11.9. The van der Waals surface area contributed by atoms with Crippen LogP contribution in [0.2, 0.25) is 0 Å². The minimum absolute atomic E-state index is 0.0943. The third kappa shape index (κ3) is 2.17. The molecule has 1 fully saturated rings. The Morgan fingerprint density at radius 1 is 1.45 bits per heavy atom. The Morgan fingerprint density at radius 3 is 2.90 bits per heavy atom. The highest BCUT2D eigenvalue weighted by atomic mass is 16.1. The summed E-state index contributed by atoms with van der Waals surface area (Å²) >= 11 is 0. The molecule has 1 unspecified atom stereocenters. The molecule has 0 radical (unpaired) electrons. The quantitative estimate of drug-likeness (QED) is 0.908. The predicted molar refractivity (Wildman–Crippen MR) is 79.1 cm³/mol. The van der Waals surface area contributed by atoms with Crippen LogP contribution < -0.4 is 15.4 Å². The van der Waals surface area contributed by atoms with Gasteiger partial charge in [0.1, 0.15) is 5.52 Å². The molecule has 0 bridgehead atoms. The van der Waals surface area contributed by atoms with Gasteiger partial charge >= 0.3 is 0 Å². The van der Waals surface area contributed by atoms with E-state index in [1.54, 1.807) is 0 Å². The van der Waals surface area contributed by atoms with E-state index in [1.807, 2.05) is 26.0 Å². The summed E-state index contributed by atoms with van der Waals surface area (Å²) in [5.74, 6) is 1.20. The number of hydrogen-bond donors (Lipinski definition) is 1. The number of H-pyrrole nitrogens is 2. The molecule has 106 valence electrons. The summed E-state index contributed by atoms with van der Waals surface area (Å²) in [7, 11) is 0. The normalized spacial score (nSPS) is 19.2. The fraction of sp³-hybridized carbons (Fsp3) is 0.533. The van der Waals surface area contributed by atoms with Gasteiger partial charge in [-0.3, -0.25) is 9.69 Å². The van der Waals surface area contributed by atoms with Crippen molar-refractivity contribution < 1.29 is 4.98 Å². The lowest BCUT2D eigenvalue weighted by molar-refractivity contribution is -0.334. The molecule has 5 heteroatoms. The number of rotatable bonds is 2. The molecule has 2 aromatic rings. The number of aromatic nitrogens is 3. The molecular weight excluding hydrogens is 252 g/mol. The topological polar surface area (TPSA) is 63.1 Å². The zero-order valence-corrected chi connectivity index (χ0v) is 12.2. The van der Waals surface area contributed by atoms with Gasteiger partial charge in [0.2, 0.25) is 5.82 Å². The molecule has 0 amide bonds. The number of nitrogens with one attached hydrogen (secondary N) is 2. The monoisotopic (exact) mass is 273 g/mol. The van der Waals surface area contributed by atoms with Crippen LogP contribution in [0.25, 0.3) is 11.2 Å². The van der Waals surface area contributed by atoms with E-state index in [4.69, 9.17) is 0 Å². The zero-order valence-electron chi connectivity index (χ0n) is 12.2. The smallest absolute Gasteiger partial charge is 0.287 e. The molecule has 0 aromatic carbocycles. The number of aromatic amines is 2. The van der Waals surface area contributed by atoms with Gasteiger partial charge in [-0.25, -0.2) is 4.98 Å².